The Morgan fingerprint density at radius 2 is 2.11 bits per heavy atom. The lowest BCUT2D eigenvalue weighted by molar-refractivity contribution is 0.0690. The number of rotatable bonds is 3. The van der Waals surface area contributed by atoms with Crippen LogP contribution in [0.2, 0.25) is 0 Å². The second kappa shape index (κ2) is 4.74. The molecule has 0 amide bonds. The van der Waals surface area contributed by atoms with Crippen LogP contribution in [0.25, 0.3) is 10.9 Å². The summed E-state index contributed by atoms with van der Waals surface area (Å²) in [5.41, 5.74) is 0.377. The molecule has 1 heterocycles. The molecule has 0 radical (unpaired) electrons. The Morgan fingerprint density at radius 1 is 1.42 bits per heavy atom. The second-order valence-electron chi connectivity index (χ2n) is 4.09. The summed E-state index contributed by atoms with van der Waals surface area (Å²) in [6.45, 7) is 1.55. The van der Waals surface area contributed by atoms with Crippen molar-refractivity contribution in [2.75, 3.05) is 7.11 Å². The Labute approximate surface area is 108 Å². The number of ether oxygens (including phenoxy) is 1. The zero-order valence-corrected chi connectivity index (χ0v) is 10.4. The van der Waals surface area contributed by atoms with E-state index in [9.17, 15) is 15.0 Å². The molecule has 2 rings (SSSR count). The first-order valence-electron chi connectivity index (χ1n) is 5.57. The molecule has 19 heavy (non-hydrogen) atoms. The molecule has 6 nitrogen and oxygen atoms in total. The second-order valence-corrected chi connectivity index (χ2v) is 4.09. The van der Waals surface area contributed by atoms with Crippen molar-refractivity contribution in [1.82, 2.24) is 4.98 Å². The molecule has 2 aromatic rings. The van der Waals surface area contributed by atoms with E-state index in [0.717, 1.165) is 6.07 Å². The maximum absolute atomic E-state index is 11.0. The van der Waals surface area contributed by atoms with Crippen LogP contribution in [0.1, 0.15) is 29.1 Å². The van der Waals surface area contributed by atoms with Crippen molar-refractivity contribution in [2.45, 2.75) is 13.0 Å². The maximum Gasteiger partial charge on any atom is 0.354 e. The van der Waals surface area contributed by atoms with Gasteiger partial charge in [0.1, 0.15) is 17.0 Å². The van der Waals surface area contributed by atoms with E-state index in [0.29, 0.717) is 16.7 Å². The topological polar surface area (TPSA) is 99.9 Å². The summed E-state index contributed by atoms with van der Waals surface area (Å²) in [4.78, 5) is 14.9. The van der Waals surface area contributed by atoms with Crippen molar-refractivity contribution in [3.63, 3.8) is 0 Å². The van der Waals surface area contributed by atoms with Gasteiger partial charge in [0.05, 0.1) is 18.6 Å². The van der Waals surface area contributed by atoms with E-state index < -0.39 is 12.1 Å². The fourth-order valence-electron chi connectivity index (χ4n) is 1.94. The number of carbonyl (C=O) groups is 1. The van der Waals surface area contributed by atoms with Gasteiger partial charge < -0.3 is 20.1 Å². The fourth-order valence-corrected chi connectivity index (χ4v) is 1.94. The number of benzene rings is 1. The number of aliphatic hydroxyl groups excluding tert-OH is 1. The predicted octanol–water partition coefficient (Wildman–Crippen LogP) is 1.70. The van der Waals surface area contributed by atoms with Gasteiger partial charge in [-0.25, -0.2) is 9.78 Å². The Balaban J connectivity index is 2.89. The van der Waals surface area contributed by atoms with Crippen LogP contribution in [0.5, 0.6) is 11.5 Å². The number of aromatic hydroxyl groups is 1. The van der Waals surface area contributed by atoms with Gasteiger partial charge in [-0.2, -0.15) is 0 Å². The Morgan fingerprint density at radius 3 is 2.63 bits per heavy atom. The van der Waals surface area contributed by atoms with Crippen LogP contribution in [0.15, 0.2) is 18.2 Å². The lowest BCUT2D eigenvalue weighted by Gasteiger charge is -2.13. The van der Waals surface area contributed by atoms with Gasteiger partial charge in [-0.1, -0.05) is 6.07 Å². The minimum Gasteiger partial charge on any atom is -0.507 e. The summed E-state index contributed by atoms with van der Waals surface area (Å²) in [7, 11) is 1.42. The summed E-state index contributed by atoms with van der Waals surface area (Å²) in [5, 5.41) is 28.9. The first kappa shape index (κ1) is 13.1. The zero-order valence-electron chi connectivity index (χ0n) is 10.4. The molecule has 0 aliphatic carbocycles. The van der Waals surface area contributed by atoms with E-state index >= 15 is 0 Å². The largest absolute Gasteiger partial charge is 0.507 e. The third kappa shape index (κ3) is 2.17. The number of fused-ring (bicyclic) bond motifs is 1. The summed E-state index contributed by atoms with van der Waals surface area (Å²) >= 11 is 0. The molecule has 0 bridgehead atoms. The summed E-state index contributed by atoms with van der Waals surface area (Å²) < 4.78 is 5.10. The molecule has 0 fully saturated rings. The minimum absolute atomic E-state index is 0.207. The maximum atomic E-state index is 11.0. The van der Waals surface area contributed by atoms with Crippen LogP contribution in [-0.4, -0.2) is 33.4 Å². The van der Waals surface area contributed by atoms with Crippen molar-refractivity contribution in [3.8, 4) is 11.5 Å². The number of pyridine rings is 1. The van der Waals surface area contributed by atoms with Crippen molar-refractivity contribution in [3.05, 3.63) is 29.5 Å². The quantitative estimate of drug-likeness (QED) is 0.779. The Hall–Kier alpha value is -2.34. The first-order valence-corrected chi connectivity index (χ1v) is 5.57. The van der Waals surface area contributed by atoms with Crippen LogP contribution in [-0.2, 0) is 0 Å². The molecule has 1 unspecified atom stereocenters. The molecule has 0 spiro atoms. The molecule has 6 heteroatoms. The van der Waals surface area contributed by atoms with Gasteiger partial charge in [0.15, 0.2) is 5.69 Å². The van der Waals surface area contributed by atoms with E-state index in [-0.39, 0.29) is 17.0 Å². The third-order valence-electron chi connectivity index (χ3n) is 2.82. The number of aliphatic hydroxyl groups is 1. The highest BCUT2D eigenvalue weighted by molar-refractivity contribution is 5.97. The summed E-state index contributed by atoms with van der Waals surface area (Å²) in [5.74, 6) is -1.17. The molecule has 1 aromatic carbocycles. The fraction of sp³-hybridized carbons (Fsp3) is 0.231. The molecular weight excluding hydrogens is 250 g/mol. The van der Waals surface area contributed by atoms with Crippen molar-refractivity contribution >= 4 is 16.9 Å². The van der Waals surface area contributed by atoms with Crippen LogP contribution in [0.4, 0.5) is 0 Å². The van der Waals surface area contributed by atoms with Gasteiger partial charge in [0.2, 0.25) is 0 Å². The summed E-state index contributed by atoms with van der Waals surface area (Å²) in [6.07, 6.45) is -0.822. The van der Waals surface area contributed by atoms with Crippen molar-refractivity contribution in [2.24, 2.45) is 0 Å². The minimum atomic E-state index is -1.25. The monoisotopic (exact) mass is 263 g/mol. The molecule has 100 valence electrons. The number of nitrogens with zero attached hydrogens (tertiary/aromatic N) is 1. The average molecular weight is 263 g/mol. The van der Waals surface area contributed by atoms with Gasteiger partial charge in [0, 0.05) is 6.07 Å². The number of aromatic carboxylic acids is 1. The van der Waals surface area contributed by atoms with Crippen LogP contribution >= 0.6 is 0 Å². The van der Waals surface area contributed by atoms with Crippen molar-refractivity contribution in [1.29, 1.82) is 0 Å². The molecular formula is C13H13NO5. The number of carboxylic acids is 1. The lowest BCUT2D eigenvalue weighted by atomic mass is 10.0. The van der Waals surface area contributed by atoms with Crippen LogP contribution < -0.4 is 4.74 Å². The average Bonchev–Trinajstić information content (AvgIpc) is 2.36. The smallest absolute Gasteiger partial charge is 0.354 e. The Bertz CT molecular complexity index is 651. The molecule has 3 N–H and O–H groups in total. The van der Waals surface area contributed by atoms with E-state index in [1.807, 2.05) is 0 Å². The highest BCUT2D eigenvalue weighted by Gasteiger charge is 2.18. The number of hydrogen-bond donors (Lipinski definition) is 3. The predicted molar refractivity (Wildman–Crippen MR) is 67.6 cm³/mol. The number of aromatic nitrogens is 1. The number of methoxy groups -OCH3 is 1. The van der Waals surface area contributed by atoms with Crippen LogP contribution in [0, 0.1) is 0 Å². The van der Waals surface area contributed by atoms with E-state index in [2.05, 4.69) is 4.98 Å². The number of carboxylic acid groups (broad SMARTS) is 1. The molecule has 1 atom stereocenters. The van der Waals surface area contributed by atoms with Gasteiger partial charge in [-0.3, -0.25) is 0 Å². The normalized spacial score (nSPS) is 12.4. The van der Waals surface area contributed by atoms with E-state index in [4.69, 9.17) is 9.84 Å². The Kier molecular flexibility index (Phi) is 3.26. The molecule has 0 aliphatic heterocycles. The molecule has 0 aliphatic rings. The standard InChI is InChI=1S/C13H13NO5/c1-6(15)7-3-4-10(19-2)12-11(7)9(16)5-8(14-12)13(17)18/h3-6,15H,1-2H3,(H,14,16)(H,17,18). The van der Waals surface area contributed by atoms with Gasteiger partial charge in [-0.05, 0) is 18.6 Å². The first-order chi connectivity index (χ1) is 8.95. The van der Waals surface area contributed by atoms with Gasteiger partial charge in [-0.15, -0.1) is 0 Å². The van der Waals surface area contributed by atoms with Crippen molar-refractivity contribution < 1.29 is 24.9 Å². The van der Waals surface area contributed by atoms with E-state index in [1.165, 1.54) is 7.11 Å². The van der Waals surface area contributed by atoms with E-state index in [1.54, 1.807) is 19.1 Å². The molecule has 0 saturated heterocycles. The highest BCUT2D eigenvalue weighted by Crippen LogP contribution is 2.36. The zero-order chi connectivity index (χ0) is 14.2. The molecule has 1 aromatic heterocycles. The third-order valence-corrected chi connectivity index (χ3v) is 2.82. The SMILES string of the molecule is COc1ccc(C(C)O)c2c(O)cc(C(=O)O)nc12. The number of hydrogen-bond acceptors (Lipinski definition) is 5. The van der Waals surface area contributed by atoms with Gasteiger partial charge in [0.25, 0.3) is 0 Å². The van der Waals surface area contributed by atoms with Gasteiger partial charge >= 0.3 is 5.97 Å². The lowest BCUT2D eigenvalue weighted by Crippen LogP contribution is -2.03. The summed E-state index contributed by atoms with van der Waals surface area (Å²) in [6, 6.07) is 4.23. The molecule has 0 saturated carbocycles. The van der Waals surface area contributed by atoms with Crippen LogP contribution in [0.3, 0.4) is 0 Å². The highest BCUT2D eigenvalue weighted by atomic mass is 16.5.